The summed E-state index contributed by atoms with van der Waals surface area (Å²) in [5.74, 6) is -1.38. The van der Waals surface area contributed by atoms with Crippen LogP contribution in [0, 0.1) is 0 Å². The molecule has 5 N–H and O–H groups in total. The van der Waals surface area contributed by atoms with Crippen LogP contribution in [-0.2, 0) is 21.4 Å². The van der Waals surface area contributed by atoms with Crippen LogP contribution in [0.4, 0.5) is 4.79 Å². The summed E-state index contributed by atoms with van der Waals surface area (Å²) < 4.78 is 34.2. The molecule has 0 aliphatic carbocycles. The van der Waals surface area contributed by atoms with Gasteiger partial charge >= 0.3 is 6.03 Å². The van der Waals surface area contributed by atoms with E-state index in [9.17, 15) is 22.8 Å². The molecule has 0 radical (unpaired) electrons. The summed E-state index contributed by atoms with van der Waals surface area (Å²) in [4.78, 5) is 43.6. The summed E-state index contributed by atoms with van der Waals surface area (Å²) in [6.07, 6.45) is 0. The summed E-state index contributed by atoms with van der Waals surface area (Å²) in [5, 5.41) is 7.23. The van der Waals surface area contributed by atoms with Crippen LogP contribution >= 0.6 is 0 Å². The maximum Gasteiger partial charge on any atom is 0.318 e. The first-order valence-corrected chi connectivity index (χ1v) is 13.2. The van der Waals surface area contributed by atoms with Crippen LogP contribution in [0.1, 0.15) is 27.6 Å². The predicted molar refractivity (Wildman–Crippen MR) is 139 cm³/mol. The average molecular weight is 550 g/mol. The summed E-state index contributed by atoms with van der Waals surface area (Å²) in [5.41, 5.74) is 8.36. The van der Waals surface area contributed by atoms with Gasteiger partial charge in [-0.05, 0) is 42.0 Å². The monoisotopic (exact) mass is 549 g/mol. The van der Waals surface area contributed by atoms with Crippen LogP contribution < -0.4 is 20.9 Å². The number of methoxy groups -OCH3 is 1. The number of hydrogen-bond donors (Lipinski definition) is 3. The Morgan fingerprint density at radius 2 is 1.87 bits per heavy atom. The summed E-state index contributed by atoms with van der Waals surface area (Å²) in [7, 11) is -2.33. The molecule has 3 heterocycles. The Hall–Kier alpha value is -4.75. The third-order valence-electron chi connectivity index (χ3n) is 6.38. The first kappa shape index (κ1) is 25.9. The molecule has 4 aromatic rings. The summed E-state index contributed by atoms with van der Waals surface area (Å²) in [6.45, 7) is 0.173. The van der Waals surface area contributed by atoms with Crippen LogP contribution in [0.3, 0.4) is 0 Å². The average Bonchev–Trinajstić information content (AvgIpc) is 3.46. The molecular weight excluding hydrogens is 526 g/mol. The number of fused-ring (bicyclic) bond motifs is 2. The fourth-order valence-electron chi connectivity index (χ4n) is 4.44. The lowest BCUT2D eigenvalue weighted by atomic mass is 10.0. The number of pyridine rings is 1. The molecule has 2 aromatic heterocycles. The van der Waals surface area contributed by atoms with Crippen LogP contribution in [-0.4, -0.2) is 49.8 Å². The van der Waals surface area contributed by atoms with Crippen molar-refractivity contribution in [3.8, 4) is 17.0 Å². The Morgan fingerprint density at radius 3 is 2.54 bits per heavy atom. The van der Waals surface area contributed by atoms with Gasteiger partial charge in [0.1, 0.15) is 22.9 Å². The molecule has 4 amide bonds. The highest BCUT2D eigenvalue weighted by molar-refractivity contribution is 7.89. The number of rotatable bonds is 7. The Bertz CT molecular complexity index is 1730. The minimum Gasteiger partial charge on any atom is -0.497 e. The number of benzene rings is 2. The van der Waals surface area contributed by atoms with E-state index in [1.165, 1.54) is 24.1 Å². The molecule has 12 nitrogen and oxygen atoms in total. The number of primary sulfonamides is 1. The van der Waals surface area contributed by atoms with Gasteiger partial charge in [-0.25, -0.2) is 23.3 Å². The van der Waals surface area contributed by atoms with Crippen molar-refractivity contribution < 1.29 is 32.0 Å². The van der Waals surface area contributed by atoms with Gasteiger partial charge in [0.05, 0.1) is 17.7 Å². The summed E-state index contributed by atoms with van der Waals surface area (Å²) in [6, 6.07) is 14.9. The van der Waals surface area contributed by atoms with E-state index in [0.29, 0.717) is 33.7 Å². The zero-order valence-corrected chi connectivity index (χ0v) is 21.4. The number of carbonyl (C=O) groups is 3. The summed E-state index contributed by atoms with van der Waals surface area (Å²) >= 11 is 0. The van der Waals surface area contributed by atoms with E-state index >= 15 is 0 Å². The van der Waals surface area contributed by atoms with E-state index in [4.69, 9.17) is 20.0 Å². The molecule has 200 valence electrons. The zero-order chi connectivity index (χ0) is 27.9. The number of aromatic nitrogens is 1. The molecule has 13 heteroatoms. The van der Waals surface area contributed by atoms with Crippen LogP contribution in [0.15, 0.2) is 70.0 Å². The van der Waals surface area contributed by atoms with Gasteiger partial charge in [0.25, 0.3) is 5.91 Å². The topological polar surface area (TPSA) is 188 Å². The van der Waals surface area contributed by atoms with Crippen LogP contribution in [0.2, 0.25) is 0 Å². The van der Waals surface area contributed by atoms with Crippen molar-refractivity contribution in [3.63, 3.8) is 0 Å². The second kappa shape index (κ2) is 9.85. The van der Waals surface area contributed by atoms with E-state index in [0.717, 1.165) is 5.56 Å². The van der Waals surface area contributed by atoms with Gasteiger partial charge in [-0.15, -0.1) is 0 Å². The number of ether oxygens (including phenoxy) is 1. The number of hydrogen-bond acceptors (Lipinski definition) is 8. The molecule has 0 saturated heterocycles. The standard InChI is InChI=1S/C26H23N5O7S/c1-37-16-5-2-15-12-31(25(33)18(15)10-16)13-19(24(32)30-26(27)34)23-11-21-22(38-23)9-8-20(29-21)14-3-6-17(7-4-14)39(28,35)36/h2-11,19H,12-13H2,1H3,(H2,28,35,36)(H3,27,30,32,34). The Morgan fingerprint density at radius 1 is 1.13 bits per heavy atom. The fourth-order valence-corrected chi connectivity index (χ4v) is 4.95. The smallest absolute Gasteiger partial charge is 0.318 e. The molecule has 1 aliphatic rings. The molecule has 0 spiro atoms. The molecule has 1 unspecified atom stereocenters. The molecular formula is C26H23N5O7S. The number of amides is 4. The highest BCUT2D eigenvalue weighted by atomic mass is 32.2. The number of nitrogens with two attached hydrogens (primary N) is 2. The van der Waals surface area contributed by atoms with E-state index in [1.54, 1.807) is 48.5 Å². The maximum atomic E-state index is 13.1. The number of nitrogens with one attached hydrogen (secondary N) is 1. The largest absolute Gasteiger partial charge is 0.497 e. The molecule has 39 heavy (non-hydrogen) atoms. The van der Waals surface area contributed by atoms with Crippen molar-refractivity contribution >= 4 is 39.0 Å². The van der Waals surface area contributed by atoms with Gasteiger partial charge in [0.15, 0.2) is 5.58 Å². The Balaban J connectivity index is 1.46. The molecule has 1 atom stereocenters. The lowest BCUT2D eigenvalue weighted by Gasteiger charge is -2.21. The molecule has 0 saturated carbocycles. The maximum absolute atomic E-state index is 13.1. The number of sulfonamides is 1. The van der Waals surface area contributed by atoms with Gasteiger partial charge < -0.3 is 19.8 Å². The Labute approximate surface area is 222 Å². The van der Waals surface area contributed by atoms with Crippen LogP contribution in [0.25, 0.3) is 22.4 Å². The number of nitrogens with zero attached hydrogens (tertiary/aromatic N) is 2. The quantitative estimate of drug-likeness (QED) is 0.312. The number of furan rings is 1. The van der Waals surface area contributed by atoms with Crippen molar-refractivity contribution in [2.24, 2.45) is 10.9 Å². The first-order chi connectivity index (χ1) is 18.5. The second-order valence-corrected chi connectivity index (χ2v) is 10.5. The predicted octanol–water partition coefficient (Wildman–Crippen LogP) is 2.09. The van der Waals surface area contributed by atoms with E-state index in [2.05, 4.69) is 10.3 Å². The van der Waals surface area contributed by atoms with Gasteiger partial charge in [-0.1, -0.05) is 18.2 Å². The third-order valence-corrected chi connectivity index (χ3v) is 7.31. The minimum absolute atomic E-state index is 0.0294. The lowest BCUT2D eigenvalue weighted by Crippen LogP contribution is -2.42. The SMILES string of the molecule is COc1ccc2c(c1)C(=O)N(CC(C(=O)NC(N)=O)c1cc3nc(-c4ccc(S(N)(=O)=O)cc4)ccc3o1)C2. The fraction of sp³-hybridized carbons (Fsp3) is 0.154. The highest BCUT2D eigenvalue weighted by Gasteiger charge is 2.34. The second-order valence-electron chi connectivity index (χ2n) is 8.91. The van der Waals surface area contributed by atoms with Gasteiger partial charge in [0.2, 0.25) is 15.9 Å². The molecule has 0 fully saturated rings. The normalized spacial score (nSPS) is 13.8. The van der Waals surface area contributed by atoms with E-state index in [-0.39, 0.29) is 29.7 Å². The van der Waals surface area contributed by atoms with Crippen molar-refractivity contribution in [1.82, 2.24) is 15.2 Å². The van der Waals surface area contributed by atoms with Crippen molar-refractivity contribution in [1.29, 1.82) is 0 Å². The number of carbonyl (C=O) groups excluding carboxylic acids is 3. The van der Waals surface area contributed by atoms with Gasteiger partial charge in [0, 0.05) is 30.3 Å². The number of primary amides is 1. The minimum atomic E-state index is -3.83. The number of urea groups is 1. The molecule has 1 aliphatic heterocycles. The van der Waals surface area contributed by atoms with E-state index < -0.39 is 27.9 Å². The van der Waals surface area contributed by atoms with Crippen LogP contribution in [0.5, 0.6) is 5.75 Å². The van der Waals surface area contributed by atoms with Gasteiger partial charge in [-0.2, -0.15) is 0 Å². The van der Waals surface area contributed by atoms with E-state index in [1.807, 2.05) is 0 Å². The lowest BCUT2D eigenvalue weighted by molar-refractivity contribution is -0.122. The van der Waals surface area contributed by atoms with Crippen molar-refractivity contribution in [2.45, 2.75) is 17.4 Å². The van der Waals surface area contributed by atoms with Gasteiger partial charge in [-0.3, -0.25) is 14.9 Å². The number of imide groups is 1. The third kappa shape index (κ3) is 5.17. The first-order valence-electron chi connectivity index (χ1n) is 11.6. The highest BCUT2D eigenvalue weighted by Crippen LogP contribution is 2.32. The Kier molecular flexibility index (Phi) is 6.54. The molecule has 0 bridgehead atoms. The van der Waals surface area contributed by atoms with Crippen molar-refractivity contribution in [3.05, 3.63) is 77.6 Å². The molecule has 2 aromatic carbocycles. The van der Waals surface area contributed by atoms with Crippen molar-refractivity contribution in [2.75, 3.05) is 13.7 Å². The molecule has 5 rings (SSSR count). The zero-order valence-electron chi connectivity index (χ0n) is 20.6.